The fourth-order valence-corrected chi connectivity index (χ4v) is 5.92. The third-order valence-electron chi connectivity index (χ3n) is 7.71. The highest BCUT2D eigenvalue weighted by Crippen LogP contribution is 2.41. The van der Waals surface area contributed by atoms with Crippen molar-refractivity contribution in [1.29, 1.82) is 0 Å². The Balaban J connectivity index is 1.31. The van der Waals surface area contributed by atoms with Crippen molar-refractivity contribution in [3.63, 3.8) is 0 Å². The number of aryl methyl sites for hydroxylation is 2. The van der Waals surface area contributed by atoms with Gasteiger partial charge in [0.25, 0.3) is 0 Å². The molecule has 1 unspecified atom stereocenters. The molecule has 2 amide bonds. The van der Waals surface area contributed by atoms with Gasteiger partial charge in [-0.2, -0.15) is 0 Å². The number of fused-ring (bicyclic) bond motifs is 2. The van der Waals surface area contributed by atoms with E-state index in [4.69, 9.17) is 4.98 Å². The zero-order valence-electron chi connectivity index (χ0n) is 22.5. The number of aromatic nitrogens is 3. The Morgan fingerprint density at radius 3 is 2.55 bits per heavy atom. The quantitative estimate of drug-likeness (QED) is 0.287. The molecule has 2 aromatic carbocycles. The van der Waals surface area contributed by atoms with E-state index in [2.05, 4.69) is 73.0 Å². The van der Waals surface area contributed by atoms with Crippen molar-refractivity contribution in [3.05, 3.63) is 105 Å². The molecule has 204 valence electrons. The number of hydrogen-bond acceptors (Lipinski definition) is 5. The summed E-state index contributed by atoms with van der Waals surface area (Å²) >= 11 is 3.67. The monoisotopic (exact) mass is 598 g/mol. The average molecular weight is 600 g/mol. The van der Waals surface area contributed by atoms with Gasteiger partial charge < -0.3 is 19.9 Å². The number of anilines is 1. The van der Waals surface area contributed by atoms with Crippen LogP contribution in [0.2, 0.25) is 0 Å². The van der Waals surface area contributed by atoms with Gasteiger partial charge >= 0.3 is 6.03 Å². The molecule has 0 bridgehead atoms. The molecule has 0 spiro atoms. The standard InChI is InChI=1S/C31H31BrN6O2/c1-20-3-8-27-22(15-20)16-23(19-38-10-9-33-21(38)2)28-17-24(32)18-34-29(28)30(27)36-11-13-37(14-12-36)31(40)35-25-4-6-26(39)7-5-25/h3-10,15-18,30,39H,11-14,19H2,1-2H3,(H,35,40). The lowest BCUT2D eigenvalue weighted by Gasteiger charge is -2.39. The highest BCUT2D eigenvalue weighted by Gasteiger charge is 2.34. The number of carbonyl (C=O) groups is 1. The second-order valence-electron chi connectivity index (χ2n) is 10.4. The number of aromatic hydroxyl groups is 1. The van der Waals surface area contributed by atoms with Gasteiger partial charge in [0, 0.05) is 67.0 Å². The number of hydrogen-bond donors (Lipinski definition) is 2. The zero-order valence-corrected chi connectivity index (χ0v) is 24.1. The number of carbonyl (C=O) groups excluding carboxylic acids is 1. The molecule has 2 aromatic heterocycles. The molecule has 0 radical (unpaired) electrons. The number of piperazine rings is 1. The van der Waals surface area contributed by atoms with E-state index in [1.54, 1.807) is 24.3 Å². The van der Waals surface area contributed by atoms with Gasteiger partial charge in [0.1, 0.15) is 11.6 Å². The van der Waals surface area contributed by atoms with E-state index < -0.39 is 0 Å². The van der Waals surface area contributed by atoms with Gasteiger partial charge in [-0.1, -0.05) is 23.8 Å². The van der Waals surface area contributed by atoms with E-state index in [0.29, 0.717) is 38.4 Å². The largest absolute Gasteiger partial charge is 0.508 e. The minimum atomic E-state index is -0.135. The Bertz CT molecular complexity index is 1590. The summed E-state index contributed by atoms with van der Waals surface area (Å²) in [6, 6.07) is 15.2. The lowest BCUT2D eigenvalue weighted by atomic mass is 9.94. The minimum Gasteiger partial charge on any atom is -0.508 e. The maximum absolute atomic E-state index is 13.0. The molecular weight excluding hydrogens is 568 g/mol. The summed E-state index contributed by atoms with van der Waals surface area (Å²) in [5.74, 6) is 1.14. The number of nitrogens with one attached hydrogen (secondary N) is 1. The van der Waals surface area contributed by atoms with Crippen LogP contribution in [-0.2, 0) is 6.54 Å². The van der Waals surface area contributed by atoms with E-state index in [-0.39, 0.29) is 17.8 Å². The van der Waals surface area contributed by atoms with Crippen LogP contribution in [0, 0.1) is 13.8 Å². The number of nitrogens with zero attached hydrogens (tertiary/aromatic N) is 5. The first kappa shape index (κ1) is 26.3. The molecule has 8 nitrogen and oxygen atoms in total. The summed E-state index contributed by atoms with van der Waals surface area (Å²) in [5.41, 5.74) is 7.62. The number of pyridine rings is 1. The SMILES string of the molecule is Cc1ccc2c(c1)C=C(Cn1ccnc1C)c1cc(Br)cnc1C2N1CCN(C(=O)Nc2ccc(O)cc2)CC1. The summed E-state index contributed by atoms with van der Waals surface area (Å²) in [4.78, 5) is 26.7. The first-order valence-corrected chi connectivity index (χ1v) is 14.2. The summed E-state index contributed by atoms with van der Waals surface area (Å²) < 4.78 is 3.11. The van der Waals surface area contributed by atoms with Crippen molar-refractivity contribution >= 4 is 39.3 Å². The fraction of sp³-hybridized carbons (Fsp3) is 0.258. The maximum atomic E-state index is 13.0. The summed E-state index contributed by atoms with van der Waals surface area (Å²) in [6.07, 6.45) is 8.04. The van der Waals surface area contributed by atoms with Gasteiger partial charge in [-0.25, -0.2) is 9.78 Å². The predicted octanol–water partition coefficient (Wildman–Crippen LogP) is 5.86. The number of benzene rings is 2. The highest BCUT2D eigenvalue weighted by atomic mass is 79.9. The van der Waals surface area contributed by atoms with Crippen molar-refractivity contribution in [2.45, 2.75) is 26.4 Å². The molecule has 2 aliphatic rings. The Morgan fingerprint density at radius 1 is 1.05 bits per heavy atom. The van der Waals surface area contributed by atoms with Crippen LogP contribution in [0.25, 0.3) is 11.6 Å². The first-order chi connectivity index (χ1) is 19.4. The number of imidazole rings is 1. The van der Waals surface area contributed by atoms with Crippen molar-refractivity contribution in [1.82, 2.24) is 24.3 Å². The molecular formula is C31H31BrN6O2. The Hall–Kier alpha value is -3.95. The molecule has 4 aromatic rings. The molecule has 3 heterocycles. The number of urea groups is 1. The van der Waals surface area contributed by atoms with Gasteiger partial charge in [-0.15, -0.1) is 0 Å². The van der Waals surface area contributed by atoms with Crippen LogP contribution >= 0.6 is 15.9 Å². The molecule has 1 fully saturated rings. The molecule has 1 aliphatic heterocycles. The molecule has 0 saturated carbocycles. The van der Waals surface area contributed by atoms with Gasteiger partial charge in [-0.3, -0.25) is 9.88 Å². The fourth-order valence-electron chi connectivity index (χ4n) is 5.59. The van der Waals surface area contributed by atoms with Crippen molar-refractivity contribution in [2.24, 2.45) is 0 Å². The van der Waals surface area contributed by atoms with Gasteiger partial charge in [0.05, 0.1) is 11.7 Å². The molecule has 6 rings (SSSR count). The first-order valence-electron chi connectivity index (χ1n) is 13.4. The van der Waals surface area contributed by atoms with E-state index in [9.17, 15) is 9.90 Å². The zero-order chi connectivity index (χ0) is 27.8. The van der Waals surface area contributed by atoms with Crippen LogP contribution in [0.1, 0.15) is 39.8 Å². The van der Waals surface area contributed by atoms with Crippen LogP contribution < -0.4 is 5.32 Å². The van der Waals surface area contributed by atoms with Gasteiger partial charge in [0.15, 0.2) is 0 Å². The van der Waals surface area contributed by atoms with Crippen LogP contribution in [0.15, 0.2) is 71.6 Å². The second kappa shape index (κ2) is 10.9. The topological polar surface area (TPSA) is 86.5 Å². The highest BCUT2D eigenvalue weighted by molar-refractivity contribution is 9.10. The number of rotatable bonds is 4. The molecule has 1 saturated heterocycles. The van der Waals surface area contributed by atoms with Crippen molar-refractivity contribution in [2.75, 3.05) is 31.5 Å². The van der Waals surface area contributed by atoms with Crippen LogP contribution in [0.3, 0.4) is 0 Å². The van der Waals surface area contributed by atoms with E-state index >= 15 is 0 Å². The molecule has 40 heavy (non-hydrogen) atoms. The van der Waals surface area contributed by atoms with Crippen molar-refractivity contribution in [3.8, 4) is 5.75 Å². The van der Waals surface area contributed by atoms with E-state index in [1.807, 2.05) is 30.4 Å². The summed E-state index contributed by atoms with van der Waals surface area (Å²) in [6.45, 7) is 7.48. The third-order valence-corrected chi connectivity index (χ3v) is 8.14. The number of phenolic OH excluding ortho intramolecular Hbond substituents is 1. The second-order valence-corrected chi connectivity index (χ2v) is 11.3. The summed E-state index contributed by atoms with van der Waals surface area (Å²) in [5, 5.41) is 12.5. The minimum absolute atomic E-state index is 0.0429. The van der Waals surface area contributed by atoms with Crippen molar-refractivity contribution < 1.29 is 9.90 Å². The van der Waals surface area contributed by atoms with E-state index in [0.717, 1.165) is 21.6 Å². The number of amides is 2. The Labute approximate surface area is 242 Å². The number of halogens is 1. The van der Waals surface area contributed by atoms with Gasteiger partial charge in [0.2, 0.25) is 0 Å². The summed E-state index contributed by atoms with van der Waals surface area (Å²) in [7, 11) is 0. The van der Waals surface area contributed by atoms with E-state index in [1.165, 1.54) is 22.3 Å². The average Bonchev–Trinajstić information content (AvgIpc) is 3.30. The number of phenols is 1. The molecule has 2 N–H and O–H groups in total. The molecule has 9 heteroatoms. The lowest BCUT2D eigenvalue weighted by molar-refractivity contribution is 0.125. The van der Waals surface area contributed by atoms with Crippen LogP contribution in [0.4, 0.5) is 10.5 Å². The van der Waals surface area contributed by atoms with Crippen LogP contribution in [0.5, 0.6) is 5.75 Å². The predicted molar refractivity (Wildman–Crippen MR) is 160 cm³/mol. The maximum Gasteiger partial charge on any atom is 0.321 e. The third kappa shape index (κ3) is 5.26. The molecule has 1 aliphatic carbocycles. The normalized spacial score (nSPS) is 17.0. The van der Waals surface area contributed by atoms with Gasteiger partial charge in [-0.05, 0) is 82.9 Å². The molecule has 1 atom stereocenters. The number of allylic oxidation sites excluding steroid dienone is 1. The Morgan fingerprint density at radius 2 is 1.82 bits per heavy atom. The Kier molecular flexibility index (Phi) is 7.16. The van der Waals surface area contributed by atoms with Crippen LogP contribution in [-0.4, -0.2) is 61.7 Å². The smallest absolute Gasteiger partial charge is 0.321 e. The lowest BCUT2D eigenvalue weighted by Crippen LogP contribution is -2.51.